The molecule has 0 bridgehead atoms. The number of alkyl halides is 3. The van der Waals surface area contributed by atoms with Crippen molar-refractivity contribution in [2.45, 2.75) is 30.0 Å². The molecule has 3 N–H and O–H groups in total. The van der Waals surface area contributed by atoms with E-state index in [1.54, 1.807) is 30.3 Å². The number of amides is 3. The summed E-state index contributed by atoms with van der Waals surface area (Å²) in [6, 6.07) is 12.1. The van der Waals surface area contributed by atoms with Crippen LogP contribution in [0.1, 0.15) is 18.4 Å². The number of hydrogen-bond donors (Lipinski definition) is 3. The Hall–Kier alpha value is -3.97. The second-order valence-corrected chi connectivity index (χ2v) is 10.3. The largest absolute Gasteiger partial charge is 0.416 e. The van der Waals surface area contributed by atoms with Crippen LogP contribution in [0.5, 0.6) is 0 Å². The second kappa shape index (κ2) is 10.8. The lowest BCUT2D eigenvalue weighted by Gasteiger charge is -2.32. The Morgan fingerprint density at radius 3 is 2.39 bits per heavy atom. The molecule has 3 amide bonds. The molecular formula is C25H24F3N5O4S. The highest BCUT2D eigenvalue weighted by atomic mass is 32.2. The first-order valence-electron chi connectivity index (χ1n) is 11.5. The average Bonchev–Trinajstić information content (AvgIpc) is 2.90. The lowest BCUT2D eigenvalue weighted by atomic mass is 10.0. The first-order chi connectivity index (χ1) is 18.0. The van der Waals surface area contributed by atoms with Crippen LogP contribution in [0.15, 0.2) is 71.8 Å². The molecule has 0 saturated carbocycles. The van der Waals surface area contributed by atoms with Crippen molar-refractivity contribution in [1.29, 1.82) is 0 Å². The molecule has 1 aliphatic rings. The van der Waals surface area contributed by atoms with E-state index in [4.69, 9.17) is 0 Å². The van der Waals surface area contributed by atoms with Gasteiger partial charge >= 0.3 is 12.2 Å². The average molecular weight is 548 g/mol. The van der Waals surface area contributed by atoms with Crippen LogP contribution in [0.25, 0.3) is 11.1 Å². The van der Waals surface area contributed by atoms with Crippen LogP contribution < -0.4 is 20.3 Å². The van der Waals surface area contributed by atoms with Gasteiger partial charge in [0, 0.05) is 29.6 Å². The Balaban J connectivity index is 1.44. The van der Waals surface area contributed by atoms with Crippen molar-refractivity contribution in [3.05, 3.63) is 72.4 Å². The maximum absolute atomic E-state index is 13.1. The molecule has 0 aliphatic carbocycles. The van der Waals surface area contributed by atoms with Crippen molar-refractivity contribution >= 4 is 33.5 Å². The normalized spacial score (nSPS) is 16.3. The fourth-order valence-corrected chi connectivity index (χ4v) is 5.01. The van der Waals surface area contributed by atoms with Crippen LogP contribution in [0.4, 0.5) is 29.5 Å². The van der Waals surface area contributed by atoms with Crippen LogP contribution in [0.3, 0.4) is 0 Å². The first-order valence-corrected chi connectivity index (χ1v) is 13.0. The molecule has 1 saturated heterocycles. The van der Waals surface area contributed by atoms with Gasteiger partial charge in [-0.1, -0.05) is 18.2 Å². The molecule has 1 aromatic heterocycles. The van der Waals surface area contributed by atoms with Crippen molar-refractivity contribution in [2.75, 3.05) is 23.8 Å². The lowest BCUT2D eigenvalue weighted by molar-refractivity contribution is -0.137. The molecule has 38 heavy (non-hydrogen) atoms. The molecule has 4 rings (SSSR count). The van der Waals surface area contributed by atoms with Crippen molar-refractivity contribution in [3.8, 4) is 11.1 Å². The highest BCUT2D eigenvalue weighted by molar-refractivity contribution is 7.89. The third-order valence-electron chi connectivity index (χ3n) is 5.99. The summed E-state index contributed by atoms with van der Waals surface area (Å²) in [5.41, 5.74) is 0.296. The summed E-state index contributed by atoms with van der Waals surface area (Å²) >= 11 is 0. The number of nitrogens with one attached hydrogen (secondary N) is 3. The van der Waals surface area contributed by atoms with Gasteiger partial charge in [-0.3, -0.25) is 9.69 Å². The zero-order valence-electron chi connectivity index (χ0n) is 20.1. The molecule has 1 aliphatic heterocycles. The number of rotatable bonds is 6. The predicted molar refractivity (Wildman–Crippen MR) is 135 cm³/mol. The summed E-state index contributed by atoms with van der Waals surface area (Å²) in [6.07, 6.45) is -2.06. The van der Waals surface area contributed by atoms with Crippen molar-refractivity contribution < 1.29 is 31.2 Å². The predicted octanol–water partition coefficient (Wildman–Crippen LogP) is 3.99. The number of sulfonamides is 1. The van der Waals surface area contributed by atoms with E-state index in [9.17, 15) is 31.2 Å². The Morgan fingerprint density at radius 2 is 1.76 bits per heavy atom. The molecule has 13 heteroatoms. The number of piperidine rings is 1. The maximum Gasteiger partial charge on any atom is 0.416 e. The minimum atomic E-state index is -4.49. The molecule has 1 fully saturated rings. The van der Waals surface area contributed by atoms with E-state index in [1.807, 2.05) is 0 Å². The SMILES string of the molecule is CNS(=O)(=O)c1ccccc1-c1ccc(N2CCC[C@@H](NC(=O)Nc3ccc(C(F)(F)F)cc3)C2=O)nc1. The first kappa shape index (κ1) is 27.1. The topological polar surface area (TPSA) is 121 Å². The minimum Gasteiger partial charge on any atom is -0.326 e. The summed E-state index contributed by atoms with van der Waals surface area (Å²) < 4.78 is 65.2. The van der Waals surface area contributed by atoms with Crippen molar-refractivity contribution in [1.82, 2.24) is 15.0 Å². The van der Waals surface area contributed by atoms with Crippen LogP contribution in [0, 0.1) is 0 Å². The number of urea groups is 1. The number of carbonyl (C=O) groups is 2. The van der Waals surface area contributed by atoms with Gasteiger partial charge in [0.25, 0.3) is 5.91 Å². The third kappa shape index (κ3) is 5.94. The molecule has 0 radical (unpaired) electrons. The van der Waals surface area contributed by atoms with E-state index in [2.05, 4.69) is 20.3 Å². The van der Waals surface area contributed by atoms with E-state index < -0.39 is 39.7 Å². The Bertz CT molecular complexity index is 1430. The van der Waals surface area contributed by atoms with E-state index in [1.165, 1.54) is 24.2 Å². The second-order valence-electron chi connectivity index (χ2n) is 8.47. The smallest absolute Gasteiger partial charge is 0.326 e. The number of halogens is 3. The number of anilines is 2. The van der Waals surface area contributed by atoms with Crippen LogP contribution in [0.2, 0.25) is 0 Å². The number of nitrogens with zero attached hydrogens (tertiary/aromatic N) is 2. The van der Waals surface area contributed by atoms with Gasteiger partial charge in [0.05, 0.1) is 10.5 Å². The van der Waals surface area contributed by atoms with Crippen LogP contribution in [-0.4, -0.2) is 45.0 Å². The van der Waals surface area contributed by atoms with Gasteiger partial charge in [-0.25, -0.2) is 22.9 Å². The summed E-state index contributed by atoms with van der Waals surface area (Å²) in [5.74, 6) is -0.0559. The molecule has 9 nitrogen and oxygen atoms in total. The van der Waals surface area contributed by atoms with Gasteiger partial charge in [0.15, 0.2) is 0 Å². The summed E-state index contributed by atoms with van der Waals surface area (Å²) in [5, 5.41) is 5.00. The van der Waals surface area contributed by atoms with Crippen molar-refractivity contribution in [2.24, 2.45) is 0 Å². The monoisotopic (exact) mass is 547 g/mol. The number of aromatic nitrogens is 1. The van der Waals surface area contributed by atoms with Crippen LogP contribution in [-0.2, 0) is 21.0 Å². The molecule has 0 unspecified atom stereocenters. The van der Waals surface area contributed by atoms with Gasteiger partial charge in [-0.15, -0.1) is 0 Å². The number of benzene rings is 2. The van der Waals surface area contributed by atoms with Gasteiger partial charge in [-0.05, 0) is 62.4 Å². The Labute approximate surface area is 217 Å². The fraction of sp³-hybridized carbons (Fsp3) is 0.240. The highest BCUT2D eigenvalue weighted by Crippen LogP contribution is 2.30. The van der Waals surface area contributed by atoms with Gasteiger partial charge < -0.3 is 10.6 Å². The van der Waals surface area contributed by atoms with Gasteiger partial charge in [0.1, 0.15) is 11.9 Å². The van der Waals surface area contributed by atoms with Crippen molar-refractivity contribution in [3.63, 3.8) is 0 Å². The molecule has 0 spiro atoms. The minimum absolute atomic E-state index is 0.0921. The summed E-state index contributed by atoms with van der Waals surface area (Å²) in [4.78, 5) is 31.4. The summed E-state index contributed by atoms with van der Waals surface area (Å²) in [7, 11) is -2.38. The van der Waals surface area contributed by atoms with Gasteiger partial charge in [0.2, 0.25) is 10.0 Å². The molecule has 2 heterocycles. The zero-order chi connectivity index (χ0) is 27.5. The molecule has 2 aromatic carbocycles. The molecular weight excluding hydrogens is 523 g/mol. The van der Waals surface area contributed by atoms with Crippen LogP contribution >= 0.6 is 0 Å². The number of hydrogen-bond acceptors (Lipinski definition) is 5. The van der Waals surface area contributed by atoms with E-state index in [-0.39, 0.29) is 10.6 Å². The standard InChI is InChI=1S/C25H24F3N5O4S/c1-29-38(36,37)21-7-3-2-5-19(21)16-8-13-22(30-15-16)33-14-4-6-20(23(33)34)32-24(35)31-18-11-9-17(10-12-18)25(26,27)28/h2-3,5,7-13,15,20,29H,4,6,14H2,1H3,(H2,31,32,35)/t20-/m1/s1. The molecule has 3 aromatic rings. The fourth-order valence-electron chi connectivity index (χ4n) is 4.06. The maximum atomic E-state index is 13.1. The zero-order valence-corrected chi connectivity index (χ0v) is 20.9. The third-order valence-corrected chi connectivity index (χ3v) is 7.47. The van der Waals surface area contributed by atoms with E-state index in [0.717, 1.165) is 24.3 Å². The van der Waals surface area contributed by atoms with E-state index >= 15 is 0 Å². The summed E-state index contributed by atoms with van der Waals surface area (Å²) in [6.45, 7) is 0.370. The Kier molecular flexibility index (Phi) is 7.69. The Morgan fingerprint density at radius 1 is 1.05 bits per heavy atom. The number of pyridine rings is 1. The van der Waals surface area contributed by atoms with Gasteiger partial charge in [-0.2, -0.15) is 13.2 Å². The molecule has 200 valence electrons. The number of carbonyl (C=O) groups excluding carboxylic acids is 2. The van der Waals surface area contributed by atoms with E-state index in [0.29, 0.717) is 36.3 Å². The highest BCUT2D eigenvalue weighted by Gasteiger charge is 2.32. The lowest BCUT2D eigenvalue weighted by Crippen LogP contribution is -2.53. The molecule has 1 atom stereocenters. The quantitative estimate of drug-likeness (QED) is 0.431.